The smallest absolute Gasteiger partial charge is 0.244 e. The maximum atomic E-state index is 13.3. The van der Waals surface area contributed by atoms with Crippen molar-refractivity contribution in [3.8, 4) is 0 Å². The molecular formula is C23H31N3O4S. The van der Waals surface area contributed by atoms with E-state index in [-0.39, 0.29) is 12.5 Å². The third-order valence-electron chi connectivity index (χ3n) is 5.09. The van der Waals surface area contributed by atoms with E-state index < -0.39 is 22.0 Å². The molecule has 0 saturated heterocycles. The van der Waals surface area contributed by atoms with Gasteiger partial charge in [0.1, 0.15) is 12.6 Å². The van der Waals surface area contributed by atoms with Crippen molar-refractivity contribution >= 4 is 27.5 Å². The number of benzene rings is 2. The predicted octanol–water partition coefficient (Wildman–Crippen LogP) is 2.36. The third kappa shape index (κ3) is 6.82. The molecule has 168 valence electrons. The number of aryl methyl sites for hydroxylation is 1. The average molecular weight is 446 g/mol. The monoisotopic (exact) mass is 445 g/mol. The van der Waals surface area contributed by atoms with Crippen LogP contribution in [0.5, 0.6) is 0 Å². The molecule has 0 radical (unpaired) electrons. The summed E-state index contributed by atoms with van der Waals surface area (Å²) in [4.78, 5) is 27.3. The Bertz CT molecular complexity index is 993. The van der Waals surface area contributed by atoms with Crippen LogP contribution in [-0.2, 0) is 26.0 Å². The summed E-state index contributed by atoms with van der Waals surface area (Å²) in [5.41, 5.74) is 2.34. The fourth-order valence-electron chi connectivity index (χ4n) is 3.46. The van der Waals surface area contributed by atoms with E-state index >= 15 is 0 Å². The van der Waals surface area contributed by atoms with Crippen molar-refractivity contribution in [3.05, 3.63) is 65.7 Å². The summed E-state index contributed by atoms with van der Waals surface area (Å²) in [6.07, 6.45) is 2.06. The van der Waals surface area contributed by atoms with Gasteiger partial charge in [-0.1, -0.05) is 49.4 Å². The Hall–Kier alpha value is -2.87. The fraction of sp³-hybridized carbons (Fsp3) is 0.391. The van der Waals surface area contributed by atoms with Gasteiger partial charge in [-0.05, 0) is 43.0 Å². The van der Waals surface area contributed by atoms with Crippen molar-refractivity contribution < 1.29 is 18.0 Å². The molecule has 0 aliphatic rings. The van der Waals surface area contributed by atoms with Gasteiger partial charge in [0.15, 0.2) is 0 Å². The van der Waals surface area contributed by atoms with Crippen LogP contribution in [0.15, 0.2) is 54.6 Å². The summed E-state index contributed by atoms with van der Waals surface area (Å²) in [6.45, 7) is 3.62. The summed E-state index contributed by atoms with van der Waals surface area (Å²) >= 11 is 0. The minimum Gasteiger partial charge on any atom is -0.357 e. The van der Waals surface area contributed by atoms with Crippen LogP contribution in [0.4, 0.5) is 5.69 Å². The molecule has 0 aliphatic carbocycles. The number of hydrogen-bond donors (Lipinski definition) is 1. The minimum atomic E-state index is -3.70. The van der Waals surface area contributed by atoms with Gasteiger partial charge in [-0.3, -0.25) is 13.9 Å². The summed E-state index contributed by atoms with van der Waals surface area (Å²) in [6, 6.07) is 16.0. The Kier molecular flexibility index (Phi) is 8.62. The molecule has 31 heavy (non-hydrogen) atoms. The second kappa shape index (κ2) is 10.9. The van der Waals surface area contributed by atoms with E-state index in [4.69, 9.17) is 0 Å². The number of amides is 2. The van der Waals surface area contributed by atoms with E-state index in [2.05, 4.69) is 5.32 Å². The molecule has 0 aliphatic heterocycles. The van der Waals surface area contributed by atoms with Gasteiger partial charge in [-0.2, -0.15) is 0 Å². The first-order valence-electron chi connectivity index (χ1n) is 10.3. The highest BCUT2D eigenvalue weighted by Crippen LogP contribution is 2.20. The standard InChI is InChI=1S/C23H31N3O4S/c1-5-21(23(28)24-3)25(15-14-19-11-7-6-8-12-19)22(27)17-26(31(4,29)30)20-13-9-10-18(2)16-20/h6-13,16,21H,5,14-15,17H2,1-4H3,(H,24,28). The first-order valence-corrected chi connectivity index (χ1v) is 12.1. The van der Waals surface area contributed by atoms with Crippen molar-refractivity contribution in [2.24, 2.45) is 0 Å². The van der Waals surface area contributed by atoms with Crippen molar-refractivity contribution in [3.63, 3.8) is 0 Å². The summed E-state index contributed by atoms with van der Waals surface area (Å²) in [7, 11) is -2.18. The molecule has 0 heterocycles. The fourth-order valence-corrected chi connectivity index (χ4v) is 4.30. The number of nitrogens with one attached hydrogen (secondary N) is 1. The molecule has 0 spiro atoms. The number of nitrogens with zero attached hydrogens (tertiary/aromatic N) is 2. The zero-order valence-electron chi connectivity index (χ0n) is 18.5. The van der Waals surface area contributed by atoms with Crippen LogP contribution in [0, 0.1) is 6.92 Å². The lowest BCUT2D eigenvalue weighted by molar-refractivity contribution is -0.139. The molecule has 2 aromatic carbocycles. The molecule has 7 nitrogen and oxygen atoms in total. The second-order valence-electron chi connectivity index (χ2n) is 7.47. The Morgan fingerprint density at radius 1 is 1.06 bits per heavy atom. The highest BCUT2D eigenvalue weighted by atomic mass is 32.2. The summed E-state index contributed by atoms with van der Waals surface area (Å²) in [5.74, 6) is -0.691. The molecule has 2 aromatic rings. The van der Waals surface area contributed by atoms with E-state index in [1.54, 1.807) is 18.2 Å². The Morgan fingerprint density at radius 2 is 1.74 bits per heavy atom. The Labute approximate surface area is 185 Å². The van der Waals surface area contributed by atoms with Crippen molar-refractivity contribution in [2.45, 2.75) is 32.7 Å². The molecule has 0 saturated carbocycles. The SMILES string of the molecule is CCC(C(=O)NC)N(CCc1ccccc1)C(=O)CN(c1cccc(C)c1)S(C)(=O)=O. The first-order chi connectivity index (χ1) is 14.7. The number of likely N-dealkylation sites (N-methyl/N-ethyl adjacent to an activating group) is 1. The number of hydrogen-bond acceptors (Lipinski definition) is 4. The zero-order chi connectivity index (χ0) is 23.0. The highest BCUT2D eigenvalue weighted by Gasteiger charge is 2.30. The minimum absolute atomic E-state index is 0.273. The van der Waals surface area contributed by atoms with Gasteiger partial charge < -0.3 is 10.2 Å². The lowest BCUT2D eigenvalue weighted by atomic mass is 10.1. The molecule has 8 heteroatoms. The second-order valence-corrected chi connectivity index (χ2v) is 9.38. The number of rotatable bonds is 10. The van der Waals surface area contributed by atoms with Crippen LogP contribution in [0.2, 0.25) is 0 Å². The van der Waals surface area contributed by atoms with Crippen LogP contribution in [0.1, 0.15) is 24.5 Å². The molecule has 1 N–H and O–H groups in total. The molecule has 2 amide bonds. The number of sulfonamides is 1. The maximum Gasteiger partial charge on any atom is 0.244 e. The topological polar surface area (TPSA) is 86.8 Å². The van der Waals surface area contributed by atoms with Gasteiger partial charge in [-0.15, -0.1) is 0 Å². The summed E-state index contributed by atoms with van der Waals surface area (Å²) < 4.78 is 26.1. The number of carbonyl (C=O) groups is 2. The van der Waals surface area contributed by atoms with Crippen LogP contribution in [0.3, 0.4) is 0 Å². The maximum absolute atomic E-state index is 13.3. The van der Waals surface area contributed by atoms with Gasteiger partial charge in [0.2, 0.25) is 21.8 Å². The van der Waals surface area contributed by atoms with Crippen molar-refractivity contribution in [1.82, 2.24) is 10.2 Å². The predicted molar refractivity (Wildman–Crippen MR) is 123 cm³/mol. The van der Waals surface area contributed by atoms with E-state index in [9.17, 15) is 18.0 Å². The third-order valence-corrected chi connectivity index (χ3v) is 6.23. The highest BCUT2D eigenvalue weighted by molar-refractivity contribution is 7.92. The van der Waals surface area contributed by atoms with E-state index in [0.717, 1.165) is 21.7 Å². The largest absolute Gasteiger partial charge is 0.357 e. The summed E-state index contributed by atoms with van der Waals surface area (Å²) in [5, 5.41) is 2.61. The van der Waals surface area contributed by atoms with E-state index in [1.165, 1.54) is 11.9 Å². The van der Waals surface area contributed by atoms with Crippen molar-refractivity contribution in [2.75, 3.05) is 30.7 Å². The number of carbonyl (C=O) groups excluding carboxylic acids is 2. The van der Waals surface area contributed by atoms with Crippen LogP contribution < -0.4 is 9.62 Å². The Morgan fingerprint density at radius 3 is 2.29 bits per heavy atom. The molecule has 1 atom stereocenters. The first kappa shape index (κ1) is 24.4. The molecule has 0 aromatic heterocycles. The van der Waals surface area contributed by atoms with Crippen LogP contribution in [-0.4, -0.2) is 57.6 Å². The average Bonchev–Trinajstić information content (AvgIpc) is 2.74. The quantitative estimate of drug-likeness (QED) is 0.608. The molecule has 0 bridgehead atoms. The van der Waals surface area contributed by atoms with Crippen LogP contribution in [0.25, 0.3) is 0 Å². The van der Waals surface area contributed by atoms with Gasteiger partial charge in [0.05, 0.1) is 11.9 Å². The van der Waals surface area contributed by atoms with Gasteiger partial charge >= 0.3 is 0 Å². The van der Waals surface area contributed by atoms with Gasteiger partial charge in [0, 0.05) is 13.6 Å². The lowest BCUT2D eigenvalue weighted by Crippen LogP contribution is -2.52. The molecule has 2 rings (SSSR count). The zero-order valence-corrected chi connectivity index (χ0v) is 19.4. The van der Waals surface area contributed by atoms with Gasteiger partial charge in [-0.25, -0.2) is 8.42 Å². The normalized spacial score (nSPS) is 12.1. The Balaban J connectivity index is 2.33. The van der Waals surface area contributed by atoms with Crippen LogP contribution >= 0.6 is 0 Å². The molecular weight excluding hydrogens is 414 g/mol. The van der Waals surface area contributed by atoms with Gasteiger partial charge in [0.25, 0.3) is 0 Å². The molecule has 1 unspecified atom stereocenters. The van der Waals surface area contributed by atoms with E-state index in [0.29, 0.717) is 25.1 Å². The lowest BCUT2D eigenvalue weighted by Gasteiger charge is -2.32. The van der Waals surface area contributed by atoms with E-state index in [1.807, 2.05) is 50.2 Å². The molecule has 0 fully saturated rings. The van der Waals surface area contributed by atoms with Crippen molar-refractivity contribution in [1.29, 1.82) is 0 Å². The number of anilines is 1.